The van der Waals surface area contributed by atoms with Crippen LogP contribution >= 0.6 is 0 Å². The highest BCUT2D eigenvalue weighted by molar-refractivity contribution is 7.92. The number of aliphatic hydroxyl groups is 1. The molecule has 0 aliphatic carbocycles. The lowest BCUT2D eigenvalue weighted by atomic mass is 10.1. The fraction of sp³-hybridized carbons (Fsp3) is 0.167. The van der Waals surface area contributed by atoms with Crippen LogP contribution < -0.4 is 10.0 Å². The van der Waals surface area contributed by atoms with Crippen molar-refractivity contribution >= 4 is 15.7 Å². The molecular weight excluding hydrogens is 564 g/mol. The molecule has 0 aliphatic rings. The van der Waals surface area contributed by atoms with Gasteiger partial charge in [-0.25, -0.2) is 17.2 Å². The SMILES string of the molecule is O=S(=O)(Nc1ccc(CCNCC(O)c2cccnc2)cc1)c1ccc(-c2noc(Cc3ccc(F)cc3F)n2)cc1. The van der Waals surface area contributed by atoms with Crippen molar-refractivity contribution in [2.75, 3.05) is 17.8 Å². The van der Waals surface area contributed by atoms with Gasteiger partial charge in [0.1, 0.15) is 11.6 Å². The van der Waals surface area contributed by atoms with Crippen LogP contribution in [0.3, 0.4) is 0 Å². The first-order valence-electron chi connectivity index (χ1n) is 13.0. The third-order valence-corrected chi connectivity index (χ3v) is 7.85. The zero-order valence-corrected chi connectivity index (χ0v) is 23.1. The summed E-state index contributed by atoms with van der Waals surface area (Å²) in [5.74, 6) is -1.05. The molecule has 0 saturated heterocycles. The molecule has 0 fully saturated rings. The number of aliphatic hydroxyl groups excluding tert-OH is 1. The number of aromatic nitrogens is 3. The largest absolute Gasteiger partial charge is 0.387 e. The summed E-state index contributed by atoms with van der Waals surface area (Å²) in [4.78, 5) is 8.28. The van der Waals surface area contributed by atoms with E-state index < -0.39 is 27.8 Å². The van der Waals surface area contributed by atoms with E-state index in [0.29, 0.717) is 30.8 Å². The van der Waals surface area contributed by atoms with Gasteiger partial charge in [0.25, 0.3) is 10.0 Å². The van der Waals surface area contributed by atoms with Crippen LogP contribution in [0.4, 0.5) is 14.5 Å². The predicted octanol–water partition coefficient (Wildman–Crippen LogP) is 4.67. The molecule has 2 aromatic heterocycles. The van der Waals surface area contributed by atoms with E-state index in [1.807, 2.05) is 18.2 Å². The van der Waals surface area contributed by atoms with Crippen molar-refractivity contribution in [3.63, 3.8) is 0 Å². The number of nitrogens with zero attached hydrogens (tertiary/aromatic N) is 3. The summed E-state index contributed by atoms with van der Waals surface area (Å²) in [6.07, 6.45) is 3.33. The minimum absolute atomic E-state index is 0.0138. The molecule has 9 nitrogen and oxygen atoms in total. The monoisotopic (exact) mass is 591 g/mol. The van der Waals surface area contributed by atoms with Crippen LogP contribution in [0.15, 0.2) is 101 Å². The number of pyridine rings is 1. The fourth-order valence-electron chi connectivity index (χ4n) is 4.17. The zero-order chi connectivity index (χ0) is 29.5. The molecule has 12 heteroatoms. The van der Waals surface area contributed by atoms with Gasteiger partial charge >= 0.3 is 0 Å². The van der Waals surface area contributed by atoms with Crippen molar-refractivity contribution in [2.45, 2.75) is 23.8 Å². The van der Waals surface area contributed by atoms with Crippen LogP contribution in [0.25, 0.3) is 11.4 Å². The molecule has 2 heterocycles. The topological polar surface area (TPSA) is 130 Å². The summed E-state index contributed by atoms with van der Waals surface area (Å²) in [5.41, 5.74) is 2.89. The summed E-state index contributed by atoms with van der Waals surface area (Å²) in [7, 11) is -3.86. The van der Waals surface area contributed by atoms with E-state index >= 15 is 0 Å². The van der Waals surface area contributed by atoms with Crippen molar-refractivity contribution in [1.82, 2.24) is 20.4 Å². The molecule has 0 saturated carbocycles. The highest BCUT2D eigenvalue weighted by atomic mass is 32.2. The molecular formula is C30H27F2N5O4S. The predicted molar refractivity (Wildman–Crippen MR) is 152 cm³/mol. The van der Waals surface area contributed by atoms with Gasteiger partial charge in [0, 0.05) is 41.8 Å². The Kier molecular flexibility index (Phi) is 8.96. The lowest BCUT2D eigenvalue weighted by molar-refractivity contribution is 0.174. The minimum Gasteiger partial charge on any atom is -0.387 e. The number of hydrogen-bond acceptors (Lipinski definition) is 8. The number of nitrogens with one attached hydrogen (secondary N) is 2. The van der Waals surface area contributed by atoms with E-state index in [9.17, 15) is 22.3 Å². The van der Waals surface area contributed by atoms with Crippen LogP contribution in [-0.2, 0) is 22.9 Å². The lowest BCUT2D eigenvalue weighted by Gasteiger charge is -2.12. The Bertz CT molecular complexity index is 1730. The average molecular weight is 592 g/mol. The molecule has 5 rings (SSSR count). The lowest BCUT2D eigenvalue weighted by Crippen LogP contribution is -2.23. The second-order valence-electron chi connectivity index (χ2n) is 9.51. The van der Waals surface area contributed by atoms with Crippen LogP contribution in [0.2, 0.25) is 0 Å². The van der Waals surface area contributed by atoms with E-state index in [4.69, 9.17) is 4.52 Å². The summed E-state index contributed by atoms with van der Waals surface area (Å²) < 4.78 is 60.7. The number of hydrogen-bond donors (Lipinski definition) is 3. The van der Waals surface area contributed by atoms with Crippen molar-refractivity contribution in [1.29, 1.82) is 0 Å². The normalized spacial score (nSPS) is 12.3. The van der Waals surface area contributed by atoms with Crippen LogP contribution in [0.1, 0.15) is 28.7 Å². The van der Waals surface area contributed by atoms with Gasteiger partial charge in [-0.05, 0) is 72.6 Å². The molecule has 1 atom stereocenters. The third kappa shape index (κ3) is 7.40. The molecule has 0 radical (unpaired) electrons. The maximum absolute atomic E-state index is 13.9. The maximum atomic E-state index is 13.9. The van der Waals surface area contributed by atoms with Crippen LogP contribution in [0.5, 0.6) is 0 Å². The van der Waals surface area contributed by atoms with E-state index in [1.165, 1.54) is 18.2 Å². The van der Waals surface area contributed by atoms with Crippen molar-refractivity contribution in [3.8, 4) is 11.4 Å². The average Bonchev–Trinajstić information content (AvgIpc) is 3.46. The molecule has 0 bridgehead atoms. The summed E-state index contributed by atoms with van der Waals surface area (Å²) in [5, 5.41) is 17.3. The Morgan fingerprint density at radius 1 is 0.976 bits per heavy atom. The van der Waals surface area contributed by atoms with Gasteiger partial charge in [-0.3, -0.25) is 9.71 Å². The van der Waals surface area contributed by atoms with Gasteiger partial charge in [0.15, 0.2) is 0 Å². The summed E-state index contributed by atoms with van der Waals surface area (Å²) in [6.45, 7) is 1.03. The zero-order valence-electron chi connectivity index (χ0n) is 22.2. The first-order valence-corrected chi connectivity index (χ1v) is 14.5. The highest BCUT2D eigenvalue weighted by Crippen LogP contribution is 2.22. The Hall–Kier alpha value is -4.52. The van der Waals surface area contributed by atoms with Gasteiger partial charge in [0.05, 0.1) is 17.4 Å². The van der Waals surface area contributed by atoms with Crippen LogP contribution in [-0.4, -0.2) is 41.7 Å². The van der Waals surface area contributed by atoms with E-state index in [2.05, 4.69) is 25.2 Å². The van der Waals surface area contributed by atoms with Crippen molar-refractivity contribution < 1.29 is 26.8 Å². The van der Waals surface area contributed by atoms with Crippen molar-refractivity contribution in [3.05, 3.63) is 125 Å². The minimum atomic E-state index is -3.86. The van der Waals surface area contributed by atoms with Gasteiger partial charge < -0.3 is 14.9 Å². The quantitative estimate of drug-likeness (QED) is 0.179. The second-order valence-corrected chi connectivity index (χ2v) is 11.2. The standard InChI is InChI=1S/C30H27F2N5O4S/c31-24-8-5-22(27(32)17-24)16-29-35-30(36-41-29)21-6-11-26(12-7-21)42(39,40)37-25-9-3-20(4-10-25)13-15-34-19-28(38)23-2-1-14-33-18-23/h1-12,14,17-18,28,34,37-38H,13,15-16,19H2. The van der Waals surface area contributed by atoms with Gasteiger partial charge in [0.2, 0.25) is 11.7 Å². The molecule has 1 unspecified atom stereocenters. The molecule has 216 valence electrons. The van der Waals surface area contributed by atoms with E-state index in [1.54, 1.807) is 42.7 Å². The summed E-state index contributed by atoms with van der Waals surface area (Å²) in [6, 6.07) is 19.8. The van der Waals surface area contributed by atoms with Crippen LogP contribution in [0, 0.1) is 11.6 Å². The molecule has 0 spiro atoms. The first kappa shape index (κ1) is 29.0. The third-order valence-electron chi connectivity index (χ3n) is 6.45. The fourth-order valence-corrected chi connectivity index (χ4v) is 5.23. The van der Waals surface area contributed by atoms with E-state index in [0.717, 1.165) is 23.3 Å². The Labute approximate surface area is 241 Å². The Balaban J connectivity index is 1.13. The molecule has 5 aromatic rings. The van der Waals surface area contributed by atoms with Gasteiger partial charge in [-0.1, -0.05) is 29.4 Å². The number of benzene rings is 3. The van der Waals surface area contributed by atoms with Crippen molar-refractivity contribution in [2.24, 2.45) is 0 Å². The second kappa shape index (κ2) is 13.0. The van der Waals surface area contributed by atoms with Gasteiger partial charge in [-0.2, -0.15) is 4.98 Å². The molecule has 3 N–H and O–H groups in total. The number of sulfonamides is 1. The molecule has 0 aliphatic heterocycles. The summed E-state index contributed by atoms with van der Waals surface area (Å²) >= 11 is 0. The number of halogens is 2. The molecule has 3 aromatic carbocycles. The molecule has 0 amide bonds. The van der Waals surface area contributed by atoms with E-state index in [-0.39, 0.29) is 28.6 Å². The van der Waals surface area contributed by atoms with Gasteiger partial charge in [-0.15, -0.1) is 0 Å². The number of rotatable bonds is 12. The highest BCUT2D eigenvalue weighted by Gasteiger charge is 2.17. The molecule has 42 heavy (non-hydrogen) atoms. The Morgan fingerprint density at radius 3 is 2.48 bits per heavy atom. The first-order chi connectivity index (χ1) is 20.3. The smallest absolute Gasteiger partial charge is 0.261 e. The Morgan fingerprint density at radius 2 is 1.76 bits per heavy atom. The maximum Gasteiger partial charge on any atom is 0.261 e. The number of anilines is 1.